The van der Waals surface area contributed by atoms with E-state index in [-0.39, 0.29) is 11.8 Å². The van der Waals surface area contributed by atoms with E-state index in [1.54, 1.807) is 25.1 Å². The van der Waals surface area contributed by atoms with E-state index in [0.29, 0.717) is 29.9 Å². The molecule has 2 aromatic carbocycles. The van der Waals surface area contributed by atoms with Gasteiger partial charge in [-0.15, -0.1) is 0 Å². The molecular formula is C24H25N3O3. The molecule has 0 fully saturated rings. The Hall–Kier alpha value is -3.38. The second-order valence-electron chi connectivity index (χ2n) is 7.39. The lowest BCUT2D eigenvalue weighted by molar-refractivity contribution is -0.145. The van der Waals surface area contributed by atoms with Gasteiger partial charge in [0.05, 0.1) is 6.61 Å². The van der Waals surface area contributed by atoms with Gasteiger partial charge in [0.25, 0.3) is 0 Å². The summed E-state index contributed by atoms with van der Waals surface area (Å²) in [5.74, 6) is -0.308. The first-order valence-electron chi connectivity index (χ1n) is 10.1. The van der Waals surface area contributed by atoms with Crippen LogP contribution in [0.25, 0.3) is 17.0 Å². The van der Waals surface area contributed by atoms with Crippen molar-refractivity contribution in [2.75, 3.05) is 6.61 Å². The molecule has 6 nitrogen and oxygen atoms in total. The van der Waals surface area contributed by atoms with Crippen LogP contribution in [0.5, 0.6) is 0 Å². The number of nitrogens with two attached hydrogens (primary N) is 1. The molecule has 2 heterocycles. The summed E-state index contributed by atoms with van der Waals surface area (Å²) in [4.78, 5) is 12.6. The standard InChI is InChI=1S/C24H25N3O3/c1-2-29-24(28)20(5-3-4-15-6-7-17-13-27-14-19(17)10-15)22-12-18-11-16(23(25)26)8-9-21(18)30-22/h3-4,6-12,20,27H,2,5,13-14H2,1H3,(H3,25,26)/b4-3+. The van der Waals surface area contributed by atoms with Gasteiger partial charge in [-0.2, -0.15) is 0 Å². The van der Waals surface area contributed by atoms with Crippen LogP contribution in [0.1, 0.15) is 47.3 Å². The van der Waals surface area contributed by atoms with Crippen molar-refractivity contribution in [3.05, 3.63) is 76.6 Å². The summed E-state index contributed by atoms with van der Waals surface area (Å²) in [6, 6.07) is 13.5. The molecule has 0 amide bonds. The lowest BCUT2D eigenvalue weighted by Crippen LogP contribution is -2.15. The Bertz CT molecular complexity index is 1130. The predicted molar refractivity (Wildman–Crippen MR) is 117 cm³/mol. The first-order valence-corrected chi connectivity index (χ1v) is 10.1. The molecule has 30 heavy (non-hydrogen) atoms. The van der Waals surface area contributed by atoms with Crippen LogP contribution < -0.4 is 11.1 Å². The molecule has 1 unspecified atom stereocenters. The summed E-state index contributed by atoms with van der Waals surface area (Å²) in [6.45, 7) is 3.91. The van der Waals surface area contributed by atoms with Gasteiger partial charge in [0.15, 0.2) is 0 Å². The van der Waals surface area contributed by atoms with Gasteiger partial charge in [-0.25, -0.2) is 0 Å². The minimum atomic E-state index is -0.537. The molecule has 0 bridgehead atoms. The number of amidine groups is 1. The summed E-state index contributed by atoms with van der Waals surface area (Å²) in [6.07, 6.45) is 4.48. The Morgan fingerprint density at radius 1 is 1.23 bits per heavy atom. The van der Waals surface area contributed by atoms with Crippen molar-refractivity contribution in [3.8, 4) is 0 Å². The number of esters is 1. The van der Waals surface area contributed by atoms with Crippen molar-refractivity contribution >= 4 is 28.9 Å². The summed E-state index contributed by atoms with van der Waals surface area (Å²) in [5, 5.41) is 11.8. The van der Waals surface area contributed by atoms with Crippen LogP contribution in [0.3, 0.4) is 0 Å². The van der Waals surface area contributed by atoms with Gasteiger partial charge in [-0.1, -0.05) is 30.4 Å². The molecule has 0 saturated carbocycles. The zero-order valence-electron chi connectivity index (χ0n) is 16.9. The fraction of sp³-hybridized carbons (Fsp3) is 0.250. The minimum Gasteiger partial charge on any atom is -0.465 e. The summed E-state index contributed by atoms with van der Waals surface area (Å²) >= 11 is 0. The van der Waals surface area contributed by atoms with Gasteiger partial charge in [0.2, 0.25) is 0 Å². The Labute approximate surface area is 175 Å². The first kappa shape index (κ1) is 19.9. The molecule has 0 spiro atoms. The molecule has 6 heteroatoms. The Balaban J connectivity index is 1.58. The molecular weight excluding hydrogens is 378 g/mol. The van der Waals surface area contributed by atoms with Crippen molar-refractivity contribution in [2.45, 2.75) is 32.4 Å². The van der Waals surface area contributed by atoms with Crippen molar-refractivity contribution in [1.82, 2.24) is 5.32 Å². The third-order valence-electron chi connectivity index (χ3n) is 5.30. The number of allylic oxidation sites excluding steroid dienone is 1. The fourth-order valence-electron chi connectivity index (χ4n) is 3.73. The van der Waals surface area contributed by atoms with Crippen LogP contribution in [-0.2, 0) is 22.6 Å². The van der Waals surface area contributed by atoms with E-state index in [9.17, 15) is 4.79 Å². The summed E-state index contributed by atoms with van der Waals surface area (Å²) in [7, 11) is 0. The van der Waals surface area contributed by atoms with E-state index < -0.39 is 5.92 Å². The van der Waals surface area contributed by atoms with Gasteiger partial charge in [0, 0.05) is 24.0 Å². The number of benzene rings is 2. The van der Waals surface area contributed by atoms with Crippen molar-refractivity contribution in [2.24, 2.45) is 5.73 Å². The molecule has 1 aromatic heterocycles. The SMILES string of the molecule is CCOC(=O)C(C/C=C/c1ccc2c(c1)CNC2)c1cc2cc(C(=N)N)ccc2o1. The molecule has 0 aliphatic carbocycles. The molecule has 4 N–H and O–H groups in total. The molecule has 4 rings (SSSR count). The van der Waals surface area contributed by atoms with Crippen molar-refractivity contribution in [1.29, 1.82) is 5.41 Å². The second kappa shape index (κ2) is 8.55. The summed E-state index contributed by atoms with van der Waals surface area (Å²) < 4.78 is 11.2. The monoisotopic (exact) mass is 403 g/mol. The average Bonchev–Trinajstić information content (AvgIpc) is 3.36. The highest BCUT2D eigenvalue weighted by Crippen LogP contribution is 2.30. The highest BCUT2D eigenvalue weighted by Gasteiger charge is 2.25. The van der Waals surface area contributed by atoms with Crippen molar-refractivity contribution in [3.63, 3.8) is 0 Å². The minimum absolute atomic E-state index is 0.00549. The maximum absolute atomic E-state index is 12.6. The number of nitrogens with one attached hydrogen (secondary N) is 2. The van der Waals surface area contributed by atoms with E-state index in [0.717, 1.165) is 24.0 Å². The third-order valence-corrected chi connectivity index (χ3v) is 5.30. The van der Waals surface area contributed by atoms with Gasteiger partial charge in [-0.3, -0.25) is 10.2 Å². The number of carbonyl (C=O) groups excluding carboxylic acids is 1. The molecule has 154 valence electrons. The summed E-state index contributed by atoms with van der Waals surface area (Å²) in [5.41, 5.74) is 10.6. The Morgan fingerprint density at radius 2 is 2.07 bits per heavy atom. The number of fused-ring (bicyclic) bond motifs is 2. The molecule has 0 radical (unpaired) electrons. The number of rotatable bonds is 7. The van der Waals surface area contributed by atoms with E-state index >= 15 is 0 Å². The molecule has 3 aromatic rings. The number of nitrogen functional groups attached to an aromatic ring is 1. The van der Waals surface area contributed by atoms with Gasteiger partial charge >= 0.3 is 5.97 Å². The number of hydrogen-bond acceptors (Lipinski definition) is 5. The Morgan fingerprint density at radius 3 is 2.87 bits per heavy atom. The Kier molecular flexibility index (Phi) is 5.68. The lowest BCUT2D eigenvalue weighted by atomic mass is 10.00. The second-order valence-corrected chi connectivity index (χ2v) is 7.39. The quantitative estimate of drug-likeness (QED) is 0.314. The highest BCUT2D eigenvalue weighted by molar-refractivity contribution is 5.98. The van der Waals surface area contributed by atoms with E-state index in [1.165, 1.54) is 11.1 Å². The number of ether oxygens (including phenoxy) is 1. The van der Waals surface area contributed by atoms with Crippen LogP contribution in [0, 0.1) is 5.41 Å². The van der Waals surface area contributed by atoms with Gasteiger partial charge in [-0.05, 0) is 54.3 Å². The van der Waals surface area contributed by atoms with E-state index in [1.807, 2.05) is 18.2 Å². The van der Waals surface area contributed by atoms with E-state index in [2.05, 4.69) is 23.5 Å². The van der Waals surface area contributed by atoms with Gasteiger partial charge < -0.3 is 20.2 Å². The molecule has 1 aliphatic heterocycles. The molecule has 0 saturated heterocycles. The lowest BCUT2D eigenvalue weighted by Gasteiger charge is -2.11. The normalized spacial score (nSPS) is 14.2. The smallest absolute Gasteiger partial charge is 0.316 e. The molecule has 1 aliphatic rings. The van der Waals surface area contributed by atoms with Crippen LogP contribution in [0.15, 0.2) is 53.0 Å². The predicted octanol–water partition coefficient (Wildman–Crippen LogP) is 4.07. The van der Waals surface area contributed by atoms with E-state index in [4.69, 9.17) is 20.3 Å². The van der Waals surface area contributed by atoms with Crippen LogP contribution >= 0.6 is 0 Å². The van der Waals surface area contributed by atoms with Crippen LogP contribution in [0.2, 0.25) is 0 Å². The zero-order valence-corrected chi connectivity index (χ0v) is 16.9. The number of hydrogen-bond donors (Lipinski definition) is 3. The number of furan rings is 1. The largest absolute Gasteiger partial charge is 0.465 e. The van der Waals surface area contributed by atoms with Crippen LogP contribution in [0.4, 0.5) is 0 Å². The van der Waals surface area contributed by atoms with Crippen molar-refractivity contribution < 1.29 is 13.9 Å². The average molecular weight is 403 g/mol. The zero-order chi connectivity index (χ0) is 21.1. The highest BCUT2D eigenvalue weighted by atomic mass is 16.5. The van der Waals surface area contributed by atoms with Gasteiger partial charge in [0.1, 0.15) is 23.1 Å². The third kappa shape index (κ3) is 4.14. The fourth-order valence-corrected chi connectivity index (χ4v) is 3.73. The maximum atomic E-state index is 12.6. The topological polar surface area (TPSA) is 101 Å². The molecule has 1 atom stereocenters. The first-order chi connectivity index (χ1) is 14.5. The number of carbonyl (C=O) groups is 1. The van der Waals surface area contributed by atoms with Crippen LogP contribution in [-0.4, -0.2) is 18.4 Å². The maximum Gasteiger partial charge on any atom is 0.316 e.